The Morgan fingerprint density at radius 1 is 1.38 bits per heavy atom. The second kappa shape index (κ2) is 8.82. The third-order valence-corrected chi connectivity index (χ3v) is 3.11. The minimum absolute atomic E-state index is 0.0123. The van der Waals surface area contributed by atoms with E-state index in [0.717, 1.165) is 6.07 Å². The van der Waals surface area contributed by atoms with Gasteiger partial charge in [0, 0.05) is 25.6 Å². The van der Waals surface area contributed by atoms with Crippen molar-refractivity contribution >= 4 is 40.8 Å². The van der Waals surface area contributed by atoms with Crippen LogP contribution in [0.3, 0.4) is 0 Å². The first kappa shape index (κ1) is 19.4. The summed E-state index contributed by atoms with van der Waals surface area (Å²) in [5.41, 5.74) is -0.0520. The van der Waals surface area contributed by atoms with Gasteiger partial charge in [-0.1, -0.05) is 11.6 Å². The van der Waals surface area contributed by atoms with Crippen molar-refractivity contribution in [3.63, 3.8) is 0 Å². The highest BCUT2D eigenvalue weighted by molar-refractivity contribution is 6.34. The van der Waals surface area contributed by atoms with Crippen LogP contribution in [0, 0.1) is 10.1 Å². The van der Waals surface area contributed by atoms with Crippen LogP contribution in [-0.2, 0) is 19.1 Å². The summed E-state index contributed by atoms with van der Waals surface area (Å²) in [7, 11) is 0. The number of carbonyl (C=O) groups is 3. The zero-order valence-corrected chi connectivity index (χ0v) is 13.8. The van der Waals surface area contributed by atoms with Gasteiger partial charge in [0.05, 0.1) is 22.1 Å². The molecule has 1 atom stereocenters. The van der Waals surface area contributed by atoms with Gasteiger partial charge in [0.25, 0.3) is 11.6 Å². The summed E-state index contributed by atoms with van der Waals surface area (Å²) in [4.78, 5) is 44.2. The summed E-state index contributed by atoms with van der Waals surface area (Å²) in [5.74, 6) is -1.57. The standard InChI is InChI=1S/C14H16ClN3O6/c1-8(24-13(20)5-6-16-9(2)19)14(21)17-12-4-3-10(18(22)23)7-11(12)15/h3-4,7-8H,5-6H2,1-2H3,(H,16,19)(H,17,21). The maximum absolute atomic E-state index is 12.0. The molecule has 0 saturated heterocycles. The molecule has 0 fully saturated rings. The molecule has 0 saturated carbocycles. The second-order valence-corrected chi connectivity index (χ2v) is 5.18. The van der Waals surface area contributed by atoms with Gasteiger partial charge >= 0.3 is 5.97 Å². The predicted octanol–water partition coefficient (Wildman–Crippen LogP) is 1.64. The third kappa shape index (κ3) is 6.21. The monoisotopic (exact) mass is 357 g/mol. The molecule has 9 nitrogen and oxygen atoms in total. The van der Waals surface area contributed by atoms with E-state index in [1.165, 1.54) is 26.0 Å². The van der Waals surface area contributed by atoms with Crippen LogP contribution in [0.25, 0.3) is 0 Å². The Balaban J connectivity index is 2.56. The highest BCUT2D eigenvalue weighted by Crippen LogP contribution is 2.26. The van der Waals surface area contributed by atoms with Gasteiger partial charge in [-0.05, 0) is 13.0 Å². The van der Waals surface area contributed by atoms with Crippen molar-refractivity contribution < 1.29 is 24.0 Å². The molecule has 10 heteroatoms. The molecule has 0 spiro atoms. The number of esters is 1. The number of hydrogen-bond acceptors (Lipinski definition) is 6. The average Bonchev–Trinajstić information content (AvgIpc) is 2.48. The van der Waals surface area contributed by atoms with Crippen LogP contribution < -0.4 is 10.6 Å². The van der Waals surface area contributed by atoms with Crippen molar-refractivity contribution in [2.75, 3.05) is 11.9 Å². The molecule has 0 aromatic heterocycles. The average molecular weight is 358 g/mol. The van der Waals surface area contributed by atoms with E-state index >= 15 is 0 Å². The molecular weight excluding hydrogens is 342 g/mol. The number of halogens is 1. The molecule has 130 valence electrons. The maximum Gasteiger partial charge on any atom is 0.308 e. The summed E-state index contributed by atoms with van der Waals surface area (Å²) in [6, 6.07) is 3.57. The van der Waals surface area contributed by atoms with E-state index in [2.05, 4.69) is 10.6 Å². The lowest BCUT2D eigenvalue weighted by molar-refractivity contribution is -0.384. The van der Waals surface area contributed by atoms with Gasteiger partial charge in [-0.15, -0.1) is 0 Å². The summed E-state index contributed by atoms with van der Waals surface area (Å²) < 4.78 is 4.91. The Morgan fingerprint density at radius 3 is 2.58 bits per heavy atom. The van der Waals surface area contributed by atoms with Crippen molar-refractivity contribution in [2.45, 2.75) is 26.4 Å². The topological polar surface area (TPSA) is 128 Å². The van der Waals surface area contributed by atoms with Crippen LogP contribution >= 0.6 is 11.6 Å². The van der Waals surface area contributed by atoms with Crippen LogP contribution in [0.15, 0.2) is 18.2 Å². The molecule has 0 bridgehead atoms. The number of carbonyl (C=O) groups excluding carboxylic acids is 3. The summed E-state index contributed by atoms with van der Waals surface area (Å²) >= 11 is 5.86. The van der Waals surface area contributed by atoms with Gasteiger partial charge in [-0.3, -0.25) is 24.5 Å². The molecule has 2 N–H and O–H groups in total. The quantitative estimate of drug-likeness (QED) is 0.434. The normalized spacial score (nSPS) is 11.3. The van der Waals surface area contributed by atoms with Crippen LogP contribution in [0.4, 0.5) is 11.4 Å². The van der Waals surface area contributed by atoms with Crippen LogP contribution in [0.5, 0.6) is 0 Å². The zero-order chi connectivity index (χ0) is 18.3. The number of nitrogens with zero attached hydrogens (tertiary/aromatic N) is 1. The van der Waals surface area contributed by atoms with Gasteiger partial charge < -0.3 is 15.4 Å². The molecule has 1 aromatic carbocycles. The first-order chi connectivity index (χ1) is 11.2. The van der Waals surface area contributed by atoms with Crippen molar-refractivity contribution in [1.29, 1.82) is 0 Å². The molecule has 0 aliphatic rings. The van der Waals surface area contributed by atoms with E-state index in [0.29, 0.717) is 0 Å². The number of nitro groups is 1. The minimum atomic E-state index is -1.10. The van der Waals surface area contributed by atoms with Gasteiger partial charge in [-0.25, -0.2) is 0 Å². The van der Waals surface area contributed by atoms with Crippen LogP contribution in [0.1, 0.15) is 20.3 Å². The molecule has 1 aromatic rings. The zero-order valence-electron chi connectivity index (χ0n) is 13.0. The van der Waals surface area contributed by atoms with Crippen molar-refractivity contribution in [3.05, 3.63) is 33.3 Å². The van der Waals surface area contributed by atoms with E-state index in [9.17, 15) is 24.5 Å². The largest absolute Gasteiger partial charge is 0.452 e. The molecule has 0 heterocycles. The molecular formula is C14H16ClN3O6. The van der Waals surface area contributed by atoms with E-state index in [-0.39, 0.29) is 35.3 Å². The van der Waals surface area contributed by atoms with E-state index in [4.69, 9.17) is 16.3 Å². The fourth-order valence-corrected chi connectivity index (χ4v) is 1.83. The fraction of sp³-hybridized carbons (Fsp3) is 0.357. The summed E-state index contributed by atoms with van der Waals surface area (Å²) in [6.07, 6.45) is -1.17. The lowest BCUT2D eigenvalue weighted by Gasteiger charge is -2.14. The number of hydrogen-bond donors (Lipinski definition) is 2. The summed E-state index contributed by atoms with van der Waals surface area (Å²) in [5, 5.41) is 15.5. The van der Waals surface area contributed by atoms with E-state index in [1.807, 2.05) is 0 Å². The third-order valence-electron chi connectivity index (χ3n) is 2.80. The first-order valence-electron chi connectivity index (χ1n) is 6.89. The molecule has 1 rings (SSSR count). The lowest BCUT2D eigenvalue weighted by Crippen LogP contribution is -2.31. The first-order valence-corrected chi connectivity index (χ1v) is 7.27. The number of non-ortho nitro benzene ring substituents is 1. The highest BCUT2D eigenvalue weighted by atomic mass is 35.5. The molecule has 0 aliphatic carbocycles. The van der Waals surface area contributed by atoms with Gasteiger partial charge in [0.15, 0.2) is 6.10 Å². The number of ether oxygens (including phenoxy) is 1. The molecule has 0 radical (unpaired) electrons. The Kier molecular flexibility index (Phi) is 7.12. The maximum atomic E-state index is 12.0. The lowest BCUT2D eigenvalue weighted by atomic mass is 10.2. The second-order valence-electron chi connectivity index (χ2n) is 4.78. The Hall–Kier alpha value is -2.68. The molecule has 2 amide bonds. The number of rotatable bonds is 7. The van der Waals surface area contributed by atoms with Gasteiger partial charge in [0.2, 0.25) is 5.91 Å². The van der Waals surface area contributed by atoms with Crippen LogP contribution in [-0.4, -0.2) is 35.4 Å². The van der Waals surface area contributed by atoms with Gasteiger partial charge in [-0.2, -0.15) is 0 Å². The molecule has 0 aliphatic heterocycles. The Bertz CT molecular complexity index is 664. The van der Waals surface area contributed by atoms with E-state index in [1.54, 1.807) is 0 Å². The number of amides is 2. The van der Waals surface area contributed by atoms with Gasteiger partial charge in [0.1, 0.15) is 0 Å². The van der Waals surface area contributed by atoms with Crippen LogP contribution in [0.2, 0.25) is 5.02 Å². The Labute approximate surface area is 142 Å². The number of benzene rings is 1. The fourth-order valence-electron chi connectivity index (χ4n) is 1.60. The summed E-state index contributed by atoms with van der Waals surface area (Å²) in [6.45, 7) is 2.79. The Morgan fingerprint density at radius 2 is 2.04 bits per heavy atom. The van der Waals surface area contributed by atoms with Crippen molar-refractivity contribution in [1.82, 2.24) is 5.32 Å². The number of anilines is 1. The number of nitrogens with one attached hydrogen (secondary N) is 2. The smallest absolute Gasteiger partial charge is 0.308 e. The predicted molar refractivity (Wildman–Crippen MR) is 85.6 cm³/mol. The van der Waals surface area contributed by atoms with Crippen molar-refractivity contribution in [2.24, 2.45) is 0 Å². The number of nitro benzene ring substituents is 1. The van der Waals surface area contributed by atoms with E-state index < -0.39 is 22.9 Å². The highest BCUT2D eigenvalue weighted by Gasteiger charge is 2.19. The SMILES string of the molecule is CC(=O)NCCC(=O)OC(C)C(=O)Nc1ccc([N+](=O)[O-])cc1Cl. The molecule has 24 heavy (non-hydrogen) atoms. The minimum Gasteiger partial charge on any atom is -0.452 e. The van der Waals surface area contributed by atoms with Crippen molar-refractivity contribution in [3.8, 4) is 0 Å². The molecule has 1 unspecified atom stereocenters.